The van der Waals surface area contributed by atoms with Crippen molar-refractivity contribution in [1.29, 1.82) is 0 Å². The molecule has 0 fully saturated rings. The highest BCUT2D eigenvalue weighted by atomic mass is 16.1. The Balaban J connectivity index is 2.25. The third kappa shape index (κ3) is 3.51. The maximum absolute atomic E-state index is 12.7. The van der Waals surface area contributed by atoms with Crippen LogP contribution in [0.2, 0.25) is 0 Å². The van der Waals surface area contributed by atoms with Crippen LogP contribution in [0, 0.1) is 0 Å². The molecule has 2 rings (SSSR count). The predicted molar refractivity (Wildman–Crippen MR) is 84.2 cm³/mol. The van der Waals surface area contributed by atoms with E-state index in [1.165, 1.54) is 30.5 Å². The van der Waals surface area contributed by atoms with Crippen molar-refractivity contribution in [2.24, 2.45) is 0 Å². The van der Waals surface area contributed by atoms with Crippen LogP contribution in [-0.2, 0) is 25.9 Å². The second-order valence-corrected chi connectivity index (χ2v) is 6.19. The highest BCUT2D eigenvalue weighted by Gasteiger charge is 2.18. The van der Waals surface area contributed by atoms with Gasteiger partial charge in [-0.2, -0.15) is 0 Å². The molecule has 1 heterocycles. The number of rotatable bonds is 7. The highest BCUT2D eigenvalue weighted by molar-refractivity contribution is 5.30. The van der Waals surface area contributed by atoms with Crippen LogP contribution >= 0.6 is 0 Å². The summed E-state index contributed by atoms with van der Waals surface area (Å²) in [5.74, 6) is 0. The van der Waals surface area contributed by atoms with Gasteiger partial charge in [-0.3, -0.25) is 4.79 Å². The van der Waals surface area contributed by atoms with E-state index in [0.29, 0.717) is 12.6 Å². The molecule has 1 aromatic heterocycles. The number of hydrogen-bond acceptors (Lipinski definition) is 2. The lowest BCUT2D eigenvalue weighted by Crippen LogP contribution is -2.31. The van der Waals surface area contributed by atoms with Gasteiger partial charge in [0.25, 0.3) is 5.56 Å². The van der Waals surface area contributed by atoms with Gasteiger partial charge in [0, 0.05) is 30.4 Å². The molecule has 112 valence electrons. The molecule has 0 aromatic carbocycles. The summed E-state index contributed by atoms with van der Waals surface area (Å²) in [6, 6.07) is 2.56. The van der Waals surface area contributed by atoms with Gasteiger partial charge in [0.1, 0.15) is 0 Å². The molecule has 0 spiro atoms. The molecule has 1 aliphatic rings. The van der Waals surface area contributed by atoms with E-state index in [0.717, 1.165) is 31.4 Å². The fraction of sp³-hybridized carbons (Fsp3) is 0.706. The molecule has 1 aliphatic carbocycles. The van der Waals surface area contributed by atoms with E-state index in [1.807, 2.05) is 0 Å². The van der Waals surface area contributed by atoms with Crippen molar-refractivity contribution in [2.45, 2.75) is 78.4 Å². The average Bonchev–Trinajstić information content (AvgIpc) is 2.87. The first-order chi connectivity index (χ1) is 9.63. The summed E-state index contributed by atoms with van der Waals surface area (Å²) in [7, 11) is 0. The van der Waals surface area contributed by atoms with Crippen LogP contribution in [0.15, 0.2) is 10.9 Å². The van der Waals surface area contributed by atoms with Gasteiger partial charge in [0.2, 0.25) is 0 Å². The summed E-state index contributed by atoms with van der Waals surface area (Å²) >= 11 is 0. The van der Waals surface area contributed by atoms with Crippen molar-refractivity contribution >= 4 is 0 Å². The van der Waals surface area contributed by atoms with Crippen LogP contribution in [0.3, 0.4) is 0 Å². The summed E-state index contributed by atoms with van der Waals surface area (Å²) in [5, 5.41) is 3.37. The number of unbranched alkanes of at least 4 members (excludes halogenated alkanes) is 2. The average molecular weight is 276 g/mol. The highest BCUT2D eigenvalue weighted by Crippen LogP contribution is 2.21. The number of fused-ring (bicyclic) bond motifs is 1. The van der Waals surface area contributed by atoms with E-state index >= 15 is 0 Å². The molecule has 1 aromatic rings. The third-order valence-electron chi connectivity index (χ3n) is 4.11. The molecule has 3 nitrogen and oxygen atoms in total. The Morgan fingerprint density at radius 1 is 1.30 bits per heavy atom. The minimum absolute atomic E-state index is 0.231. The number of hydrogen-bond donors (Lipinski definition) is 1. The largest absolute Gasteiger partial charge is 0.312 e. The Morgan fingerprint density at radius 2 is 2.10 bits per heavy atom. The minimum atomic E-state index is 0.231. The van der Waals surface area contributed by atoms with Gasteiger partial charge >= 0.3 is 0 Å². The molecule has 0 unspecified atom stereocenters. The van der Waals surface area contributed by atoms with Crippen molar-refractivity contribution in [2.75, 3.05) is 0 Å². The van der Waals surface area contributed by atoms with E-state index in [-0.39, 0.29) is 5.56 Å². The molecule has 3 heteroatoms. The number of aryl methyl sites for hydroxylation is 1. The monoisotopic (exact) mass is 276 g/mol. The first-order valence-electron chi connectivity index (χ1n) is 8.11. The quantitative estimate of drug-likeness (QED) is 0.777. The van der Waals surface area contributed by atoms with E-state index in [1.54, 1.807) is 0 Å². The fourth-order valence-corrected chi connectivity index (χ4v) is 2.98. The maximum Gasteiger partial charge on any atom is 0.255 e. The van der Waals surface area contributed by atoms with Crippen molar-refractivity contribution in [3.8, 4) is 0 Å². The molecule has 0 radical (unpaired) electrons. The first-order valence-corrected chi connectivity index (χ1v) is 8.11. The summed E-state index contributed by atoms with van der Waals surface area (Å²) in [6.45, 7) is 8.03. The van der Waals surface area contributed by atoms with Gasteiger partial charge in [0.05, 0.1) is 0 Å². The summed E-state index contributed by atoms with van der Waals surface area (Å²) < 4.78 is 2.06. The van der Waals surface area contributed by atoms with Gasteiger partial charge in [-0.1, -0.05) is 33.6 Å². The number of aromatic nitrogens is 1. The Bertz CT molecular complexity index is 502. The summed E-state index contributed by atoms with van der Waals surface area (Å²) in [5.41, 5.74) is 3.88. The molecule has 1 N–H and O–H groups in total. The zero-order chi connectivity index (χ0) is 14.5. The zero-order valence-corrected chi connectivity index (χ0v) is 13.2. The van der Waals surface area contributed by atoms with Crippen LogP contribution in [0.5, 0.6) is 0 Å². The second kappa shape index (κ2) is 7.07. The van der Waals surface area contributed by atoms with Gasteiger partial charge < -0.3 is 9.88 Å². The molecule has 0 bridgehead atoms. The number of pyridine rings is 1. The fourth-order valence-electron chi connectivity index (χ4n) is 2.98. The summed E-state index contributed by atoms with van der Waals surface area (Å²) in [4.78, 5) is 12.7. The van der Waals surface area contributed by atoms with Gasteiger partial charge in [0.15, 0.2) is 0 Å². The Labute approximate surface area is 122 Å². The van der Waals surface area contributed by atoms with Crippen LogP contribution in [-0.4, -0.2) is 10.6 Å². The molecule has 0 atom stereocenters. The summed E-state index contributed by atoms with van der Waals surface area (Å²) in [6.07, 6.45) is 6.93. The van der Waals surface area contributed by atoms with Crippen LogP contribution in [0.1, 0.15) is 63.3 Å². The normalized spacial score (nSPS) is 14.0. The minimum Gasteiger partial charge on any atom is -0.312 e. The zero-order valence-electron chi connectivity index (χ0n) is 13.2. The van der Waals surface area contributed by atoms with Crippen molar-refractivity contribution in [3.63, 3.8) is 0 Å². The molecule has 0 amide bonds. The molecule has 0 saturated heterocycles. The SMILES string of the molecule is CCCCCn1c2c(cc(CNC(C)C)c1=O)CCC2. The van der Waals surface area contributed by atoms with E-state index in [4.69, 9.17) is 0 Å². The van der Waals surface area contributed by atoms with Crippen LogP contribution in [0.25, 0.3) is 0 Å². The Morgan fingerprint density at radius 3 is 2.80 bits per heavy atom. The van der Waals surface area contributed by atoms with Gasteiger partial charge in [-0.25, -0.2) is 0 Å². The molecule has 0 aliphatic heterocycles. The van der Waals surface area contributed by atoms with Crippen molar-refractivity contribution < 1.29 is 0 Å². The van der Waals surface area contributed by atoms with Crippen molar-refractivity contribution in [3.05, 3.63) is 33.2 Å². The van der Waals surface area contributed by atoms with Crippen LogP contribution < -0.4 is 10.9 Å². The number of nitrogens with one attached hydrogen (secondary N) is 1. The lowest BCUT2D eigenvalue weighted by molar-refractivity contribution is 0.550. The van der Waals surface area contributed by atoms with Gasteiger partial charge in [-0.15, -0.1) is 0 Å². The van der Waals surface area contributed by atoms with Crippen LogP contribution in [0.4, 0.5) is 0 Å². The van der Waals surface area contributed by atoms with E-state index < -0.39 is 0 Å². The molecular formula is C17H28N2O. The third-order valence-corrected chi connectivity index (χ3v) is 4.11. The second-order valence-electron chi connectivity index (χ2n) is 6.19. The smallest absolute Gasteiger partial charge is 0.255 e. The molecule has 0 saturated carbocycles. The standard InChI is InChI=1S/C17H28N2O/c1-4-5-6-10-19-16-9-7-8-14(16)11-15(17(19)20)12-18-13(2)3/h11,13,18H,4-10,12H2,1-3H3. The number of nitrogens with zero attached hydrogens (tertiary/aromatic N) is 1. The first kappa shape index (κ1) is 15.3. The predicted octanol–water partition coefficient (Wildman–Crippen LogP) is 3.03. The van der Waals surface area contributed by atoms with E-state index in [2.05, 4.69) is 36.7 Å². The van der Waals surface area contributed by atoms with E-state index in [9.17, 15) is 4.79 Å². The molecule has 20 heavy (non-hydrogen) atoms. The van der Waals surface area contributed by atoms with Crippen molar-refractivity contribution in [1.82, 2.24) is 9.88 Å². The lowest BCUT2D eigenvalue weighted by atomic mass is 10.1. The van der Waals surface area contributed by atoms with Gasteiger partial charge in [-0.05, 0) is 37.3 Å². The maximum atomic E-state index is 12.7. The lowest BCUT2D eigenvalue weighted by Gasteiger charge is -2.15. The molecular weight excluding hydrogens is 248 g/mol. The Hall–Kier alpha value is -1.09. The Kier molecular flexibility index (Phi) is 5.41. The topological polar surface area (TPSA) is 34.0 Å².